The largest absolute Gasteiger partial charge is 0.425 e. The molecule has 0 radical (unpaired) electrons. The Hall–Kier alpha value is -7.71. The fraction of sp³-hybridized carbons (Fsp3) is 0.608. The summed E-state index contributed by atoms with van der Waals surface area (Å²) >= 11 is 0. The van der Waals surface area contributed by atoms with Gasteiger partial charge in [0.05, 0.1) is 11.9 Å². The molecule has 11 rings (SSSR count). The van der Waals surface area contributed by atoms with Gasteiger partial charge in [0.1, 0.15) is 11.6 Å². The van der Waals surface area contributed by atoms with E-state index >= 15 is 0 Å². The summed E-state index contributed by atoms with van der Waals surface area (Å²) in [4.78, 5) is 28.3. The van der Waals surface area contributed by atoms with Crippen molar-refractivity contribution in [2.75, 3.05) is 26.4 Å². The molecule has 0 saturated carbocycles. The number of aryl methyl sites for hydroxylation is 5. The van der Waals surface area contributed by atoms with Gasteiger partial charge in [0.15, 0.2) is 11.6 Å². The molecule has 20 heteroatoms. The highest BCUT2D eigenvalue weighted by molar-refractivity contribution is 5.14. The highest BCUT2D eigenvalue weighted by Gasteiger charge is 2.18. The van der Waals surface area contributed by atoms with E-state index in [-0.39, 0.29) is 0 Å². The fourth-order valence-electron chi connectivity index (χ4n) is 8.50. The first-order valence-corrected chi connectivity index (χ1v) is 35.8. The van der Waals surface area contributed by atoms with Gasteiger partial charge in [-0.25, -0.2) is 9.97 Å². The van der Waals surface area contributed by atoms with Crippen LogP contribution >= 0.6 is 0 Å². The molecule has 0 spiro atoms. The first-order chi connectivity index (χ1) is 46.8. The van der Waals surface area contributed by atoms with E-state index in [2.05, 4.69) is 183 Å². The van der Waals surface area contributed by atoms with Crippen molar-refractivity contribution in [1.82, 2.24) is 70.3 Å². The van der Waals surface area contributed by atoms with Gasteiger partial charge in [-0.15, -0.1) is 10.2 Å². The predicted molar refractivity (Wildman–Crippen MR) is 400 cm³/mol. The molecule has 0 bridgehead atoms. The van der Waals surface area contributed by atoms with E-state index in [0.29, 0.717) is 82.6 Å². The molecule has 20 nitrogen and oxygen atoms in total. The van der Waals surface area contributed by atoms with Crippen LogP contribution in [0.1, 0.15) is 306 Å². The number of pyridine rings is 3. The van der Waals surface area contributed by atoms with Crippen LogP contribution in [0.4, 0.5) is 0 Å². The minimum absolute atomic E-state index is 0.339. The molecule has 99 heavy (non-hydrogen) atoms. The van der Waals surface area contributed by atoms with Gasteiger partial charge in [-0.3, -0.25) is 19.6 Å². The van der Waals surface area contributed by atoms with Gasteiger partial charge in [0.2, 0.25) is 23.6 Å². The van der Waals surface area contributed by atoms with Crippen molar-refractivity contribution in [3.63, 3.8) is 0 Å². The Morgan fingerprint density at radius 2 is 1.02 bits per heavy atom. The summed E-state index contributed by atoms with van der Waals surface area (Å²) < 4.78 is 32.0. The quantitative estimate of drug-likeness (QED) is 0.117. The minimum Gasteiger partial charge on any atom is -0.425 e. The van der Waals surface area contributed by atoms with Crippen molar-refractivity contribution in [3.05, 3.63) is 185 Å². The Balaban J connectivity index is 0.000000544. The van der Waals surface area contributed by atoms with Crippen LogP contribution in [0, 0.1) is 51.4 Å². The summed E-state index contributed by atoms with van der Waals surface area (Å²) in [6, 6.07) is 17.9. The van der Waals surface area contributed by atoms with Crippen LogP contribution in [0.15, 0.2) is 128 Å². The maximum Gasteiger partial charge on any atom is 0.229 e. The summed E-state index contributed by atoms with van der Waals surface area (Å²) in [5, 5.41) is 22.8. The highest BCUT2D eigenvalue weighted by atomic mass is 16.5. The maximum absolute atomic E-state index is 5.34. The first-order valence-electron chi connectivity index (χ1n) is 35.8. The zero-order valence-electron chi connectivity index (χ0n) is 65.8. The normalized spacial score (nSPS) is 13.3. The van der Waals surface area contributed by atoms with Crippen molar-refractivity contribution < 1.29 is 27.5 Å². The summed E-state index contributed by atoms with van der Waals surface area (Å²) in [7, 11) is 1.94. The van der Waals surface area contributed by atoms with E-state index in [1.54, 1.807) is 32.4 Å². The zero-order chi connectivity index (χ0) is 74.4. The van der Waals surface area contributed by atoms with E-state index in [9.17, 15) is 0 Å². The molecule has 0 amide bonds. The molecule has 2 aliphatic heterocycles. The molecule has 2 saturated heterocycles. The molecule has 0 N–H and O–H groups in total. The van der Waals surface area contributed by atoms with E-state index in [1.807, 2.05) is 153 Å². The van der Waals surface area contributed by atoms with Crippen molar-refractivity contribution in [1.29, 1.82) is 0 Å². The Morgan fingerprint density at radius 3 is 1.30 bits per heavy atom. The van der Waals surface area contributed by atoms with E-state index in [1.165, 1.54) is 42.4 Å². The Bertz CT molecular complexity index is 2830. The molecule has 9 aromatic rings. The monoisotopic (exact) mass is 1370 g/mol. The third-order valence-corrected chi connectivity index (χ3v) is 15.2. The number of hydrogen-bond donors (Lipinski definition) is 0. The third-order valence-electron chi connectivity index (χ3n) is 15.2. The second kappa shape index (κ2) is 51.4. The molecule has 11 heterocycles. The van der Waals surface area contributed by atoms with Gasteiger partial charge in [0.25, 0.3) is 0 Å². The standard InChI is InChI=1S/3C8H11N.2C8H16O.C7H12N2.C7H10N2.C7H11NO.3C6H10N2O/c1-7(2)8-3-5-9-6-4-8;1-7(2)8-4-3-5-9-6-8;1-7(2)8-5-3-4-6-9-8;1-7(2)8-3-5-9-6-4-8;1-7(2)8-4-3-5-9-6-8;1-6(2)7-4-8-9(3)5-7;1-6(2)7-8-4-3-5-9-7;1-5(2)7-4-6(3)9-8-7;1-4(2)6-8-7-5(3)9-6;1-4(2)6-7-5(3)9-8-6;1-4(2)6-7-5(3)8-9-6/h3*3-7H,1-2H3;2*7-8H,3-6H2,1-2H3;4-6H,1-3H3;3-6H,1-2H3;4-5H,1-3H3;3*4H,1-3H3. The molecule has 2 aliphatic rings. The van der Waals surface area contributed by atoms with Gasteiger partial charge in [-0.1, -0.05) is 180 Å². The lowest BCUT2D eigenvalue weighted by molar-refractivity contribution is 0.0373. The summed E-state index contributed by atoms with van der Waals surface area (Å²) in [6.07, 6.45) is 21.9. The fourth-order valence-corrected chi connectivity index (χ4v) is 8.50. The van der Waals surface area contributed by atoms with Crippen molar-refractivity contribution in [2.24, 2.45) is 30.7 Å². The maximum atomic E-state index is 5.34. The Labute approximate surface area is 596 Å². The van der Waals surface area contributed by atoms with Crippen LogP contribution in [0.25, 0.3) is 0 Å². The van der Waals surface area contributed by atoms with Gasteiger partial charge in [-0.2, -0.15) is 15.1 Å². The molecule has 550 valence electrons. The Kier molecular flexibility index (Phi) is 46.4. The summed E-state index contributed by atoms with van der Waals surface area (Å²) in [5.41, 5.74) is 6.16. The van der Waals surface area contributed by atoms with Crippen LogP contribution in [0.5, 0.6) is 0 Å². The lowest BCUT2D eigenvalue weighted by Crippen LogP contribution is -2.21. The van der Waals surface area contributed by atoms with Crippen molar-refractivity contribution in [2.45, 2.75) is 259 Å². The van der Waals surface area contributed by atoms with Crippen molar-refractivity contribution in [3.8, 4) is 0 Å². The average molecular weight is 1370 g/mol. The van der Waals surface area contributed by atoms with Crippen LogP contribution < -0.4 is 0 Å². The van der Waals surface area contributed by atoms with Crippen molar-refractivity contribution >= 4 is 0 Å². The van der Waals surface area contributed by atoms with E-state index in [0.717, 1.165) is 78.9 Å². The summed E-state index contributed by atoms with van der Waals surface area (Å²) in [5.74, 6) is 13.7. The lowest BCUT2D eigenvalue weighted by Gasteiger charge is -2.24. The van der Waals surface area contributed by atoms with Crippen LogP contribution in [-0.2, 0) is 16.5 Å². The van der Waals surface area contributed by atoms with Crippen LogP contribution in [0.2, 0.25) is 0 Å². The van der Waals surface area contributed by atoms with E-state index < -0.39 is 0 Å². The average Bonchev–Trinajstić information content (AvgIpc) is 1.88. The lowest BCUT2D eigenvalue weighted by atomic mass is 9.89. The number of rotatable bonds is 11. The topological polar surface area (TPSA) is 244 Å². The molecular formula is C79H128N14O6. The Morgan fingerprint density at radius 1 is 0.424 bits per heavy atom. The molecule has 9 aromatic heterocycles. The van der Waals surface area contributed by atoms with Gasteiger partial charge >= 0.3 is 0 Å². The number of aromatic nitrogens is 14. The smallest absolute Gasteiger partial charge is 0.229 e. The highest BCUT2D eigenvalue weighted by Crippen LogP contribution is 2.23. The predicted octanol–water partition coefficient (Wildman–Crippen LogP) is 20.5. The molecule has 0 aromatic carbocycles. The summed E-state index contributed by atoms with van der Waals surface area (Å²) in [6.45, 7) is 58.2. The molecule has 1 unspecified atom stereocenters. The van der Waals surface area contributed by atoms with E-state index in [4.69, 9.17) is 27.5 Å². The van der Waals surface area contributed by atoms with Gasteiger partial charge in [-0.05, 0) is 146 Å². The second-order valence-electron chi connectivity index (χ2n) is 28.1. The van der Waals surface area contributed by atoms with Crippen LogP contribution in [0.3, 0.4) is 0 Å². The third kappa shape index (κ3) is 42.1. The van der Waals surface area contributed by atoms with Gasteiger partial charge in [0, 0.05) is 132 Å². The molecule has 0 aliphatic carbocycles. The SMILES string of the molecule is CC(C)C1CCCOC1.CC(C)C1CCOCC1.CC(C)c1ccccn1.CC(C)c1cccnc1.CC(C)c1ccncc1.CC(C)c1cnn(C)c1.CC(C)c1ncccn1.Cc1cc(C(C)C)no1.Cc1nc(C(C)C)no1.Cc1nnc(C(C)C)o1.Cc1noc(C(C)C)n1. The number of hydrogen-bond acceptors (Lipinski definition) is 19. The molecule has 2 fully saturated rings. The molecular weight excluding hydrogens is 1240 g/mol. The second-order valence-corrected chi connectivity index (χ2v) is 28.1. The van der Waals surface area contributed by atoms with Gasteiger partial charge < -0.3 is 27.5 Å². The first kappa shape index (κ1) is 89.3. The number of ether oxygens (including phenoxy) is 2. The number of nitrogens with zero attached hydrogens (tertiary/aromatic N) is 14. The zero-order valence-corrected chi connectivity index (χ0v) is 65.8. The molecule has 1 atom stereocenters. The minimum atomic E-state index is 0.339. The van der Waals surface area contributed by atoms with Crippen LogP contribution in [-0.4, -0.2) is 96.8 Å².